The first-order chi connectivity index (χ1) is 7.16. The molecule has 15 heavy (non-hydrogen) atoms. The molecule has 0 saturated heterocycles. The van der Waals surface area contributed by atoms with Crippen molar-refractivity contribution in [1.29, 1.82) is 0 Å². The Morgan fingerprint density at radius 2 is 1.80 bits per heavy atom. The summed E-state index contributed by atoms with van der Waals surface area (Å²) in [6, 6.07) is 8.86. The lowest BCUT2D eigenvalue weighted by molar-refractivity contribution is -0.108. The fraction of sp³-hybridized carbons (Fsp3) is 0.167. The van der Waals surface area contributed by atoms with Crippen LogP contribution in [0, 0.1) is 0 Å². The predicted molar refractivity (Wildman–Crippen MR) is 58.3 cm³/mol. The second kappa shape index (κ2) is 5.10. The van der Waals surface area contributed by atoms with Gasteiger partial charge in [-0.1, -0.05) is 30.3 Å². The van der Waals surface area contributed by atoms with Crippen molar-refractivity contribution in [2.45, 2.75) is 13.8 Å². The zero-order valence-corrected chi connectivity index (χ0v) is 8.78. The smallest absolute Gasteiger partial charge is 0.211 e. The van der Waals surface area contributed by atoms with Gasteiger partial charge in [0.2, 0.25) is 12.2 Å². The molecule has 0 spiro atoms. The summed E-state index contributed by atoms with van der Waals surface area (Å²) in [7, 11) is 0. The Morgan fingerprint density at radius 1 is 1.20 bits per heavy atom. The van der Waals surface area contributed by atoms with E-state index in [1.165, 1.54) is 0 Å². The van der Waals surface area contributed by atoms with Crippen LogP contribution in [0.5, 0.6) is 0 Å². The molecule has 0 aliphatic heterocycles. The number of carbonyl (C=O) groups excluding carboxylic acids is 2. The van der Waals surface area contributed by atoms with Gasteiger partial charge in [-0.05, 0) is 19.4 Å². The number of nitrogens with one attached hydrogen (secondary N) is 1. The van der Waals surface area contributed by atoms with Crippen LogP contribution in [0.25, 0.3) is 0 Å². The van der Waals surface area contributed by atoms with E-state index in [1.807, 2.05) is 6.07 Å². The molecule has 3 nitrogen and oxygen atoms in total. The van der Waals surface area contributed by atoms with Gasteiger partial charge in [-0.25, -0.2) is 0 Å². The molecule has 0 bridgehead atoms. The standard InChI is InChI=1S/C12H13NO2/c1-9(2)11(13-8-14)12(15)10-6-4-3-5-7-10/h3-8H,1-2H3,(H,13,14). The average Bonchev–Trinajstić information content (AvgIpc) is 2.26. The van der Waals surface area contributed by atoms with Crippen molar-refractivity contribution in [3.8, 4) is 0 Å². The summed E-state index contributed by atoms with van der Waals surface area (Å²) in [5.41, 5.74) is 1.70. The Bertz CT molecular complexity index is 389. The minimum absolute atomic E-state index is 0.164. The molecule has 78 valence electrons. The third-order valence-electron chi connectivity index (χ3n) is 1.97. The average molecular weight is 203 g/mol. The lowest BCUT2D eigenvalue weighted by Crippen LogP contribution is -2.20. The molecule has 0 unspecified atom stereocenters. The summed E-state index contributed by atoms with van der Waals surface area (Å²) in [5, 5.41) is 2.43. The largest absolute Gasteiger partial charge is 0.325 e. The first-order valence-electron chi connectivity index (χ1n) is 4.64. The molecule has 1 amide bonds. The van der Waals surface area contributed by atoms with Crippen molar-refractivity contribution >= 4 is 12.2 Å². The maximum atomic E-state index is 11.9. The van der Waals surface area contributed by atoms with E-state index in [-0.39, 0.29) is 5.78 Å². The van der Waals surface area contributed by atoms with Crippen LogP contribution in [-0.2, 0) is 4.79 Å². The van der Waals surface area contributed by atoms with Crippen LogP contribution in [0.15, 0.2) is 41.6 Å². The Hall–Kier alpha value is -1.90. The van der Waals surface area contributed by atoms with Crippen molar-refractivity contribution < 1.29 is 9.59 Å². The number of carbonyl (C=O) groups is 2. The van der Waals surface area contributed by atoms with Crippen molar-refractivity contribution in [3.63, 3.8) is 0 Å². The van der Waals surface area contributed by atoms with Crippen LogP contribution in [0.2, 0.25) is 0 Å². The molecule has 0 heterocycles. The van der Waals surface area contributed by atoms with E-state index in [4.69, 9.17) is 0 Å². The third-order valence-corrected chi connectivity index (χ3v) is 1.97. The van der Waals surface area contributed by atoms with Gasteiger partial charge >= 0.3 is 0 Å². The Balaban J connectivity index is 3.03. The van der Waals surface area contributed by atoms with E-state index >= 15 is 0 Å². The number of ketones is 1. The van der Waals surface area contributed by atoms with Gasteiger partial charge in [0.15, 0.2) is 0 Å². The Morgan fingerprint density at radius 3 is 2.27 bits per heavy atom. The van der Waals surface area contributed by atoms with Gasteiger partial charge in [-0.2, -0.15) is 0 Å². The molecule has 0 radical (unpaired) electrons. The highest BCUT2D eigenvalue weighted by Gasteiger charge is 2.12. The van der Waals surface area contributed by atoms with Crippen molar-refractivity contribution in [1.82, 2.24) is 5.32 Å². The number of Topliss-reactive ketones (excluding diaryl/α,β-unsaturated/α-hetero) is 1. The van der Waals surface area contributed by atoms with Crippen LogP contribution in [0.1, 0.15) is 24.2 Å². The second-order valence-electron chi connectivity index (χ2n) is 3.33. The normalized spacial score (nSPS) is 9.20. The first-order valence-corrected chi connectivity index (χ1v) is 4.64. The minimum Gasteiger partial charge on any atom is -0.325 e. The van der Waals surface area contributed by atoms with Crippen LogP contribution in [-0.4, -0.2) is 12.2 Å². The quantitative estimate of drug-likeness (QED) is 0.461. The maximum Gasteiger partial charge on any atom is 0.211 e. The van der Waals surface area contributed by atoms with Crippen molar-refractivity contribution in [2.24, 2.45) is 0 Å². The lowest BCUT2D eigenvalue weighted by atomic mass is 10.1. The van der Waals surface area contributed by atoms with Gasteiger partial charge in [0.05, 0.1) is 5.70 Å². The van der Waals surface area contributed by atoms with E-state index in [0.717, 1.165) is 5.57 Å². The molecular formula is C12H13NO2. The summed E-state index contributed by atoms with van der Waals surface area (Å²) in [5.74, 6) is -0.164. The lowest BCUT2D eigenvalue weighted by Gasteiger charge is -2.06. The minimum atomic E-state index is -0.164. The summed E-state index contributed by atoms with van der Waals surface area (Å²) in [6.07, 6.45) is 0.517. The maximum absolute atomic E-state index is 11.9. The first kappa shape index (κ1) is 11.2. The van der Waals surface area contributed by atoms with Gasteiger partial charge in [-0.15, -0.1) is 0 Å². The van der Waals surface area contributed by atoms with E-state index in [0.29, 0.717) is 17.7 Å². The van der Waals surface area contributed by atoms with Crippen LogP contribution < -0.4 is 5.32 Å². The SMILES string of the molecule is CC(C)=C(NC=O)C(=O)c1ccccc1. The van der Waals surface area contributed by atoms with Crippen molar-refractivity contribution in [2.75, 3.05) is 0 Å². The Labute approximate surface area is 88.8 Å². The molecule has 0 saturated carbocycles. The fourth-order valence-electron chi connectivity index (χ4n) is 1.23. The van der Waals surface area contributed by atoms with Gasteiger partial charge in [0.1, 0.15) is 0 Å². The molecular weight excluding hydrogens is 190 g/mol. The molecule has 0 fully saturated rings. The number of hydrogen-bond donors (Lipinski definition) is 1. The molecule has 1 N–H and O–H groups in total. The molecule has 0 atom stereocenters. The monoisotopic (exact) mass is 203 g/mol. The predicted octanol–water partition coefficient (Wildman–Crippen LogP) is 1.91. The zero-order valence-electron chi connectivity index (χ0n) is 8.78. The molecule has 1 rings (SSSR count). The summed E-state index contributed by atoms with van der Waals surface area (Å²) >= 11 is 0. The summed E-state index contributed by atoms with van der Waals surface area (Å²) < 4.78 is 0. The van der Waals surface area contributed by atoms with E-state index in [1.54, 1.807) is 38.1 Å². The van der Waals surface area contributed by atoms with Gasteiger partial charge in [0.25, 0.3) is 0 Å². The molecule has 0 aromatic heterocycles. The van der Waals surface area contributed by atoms with Crippen molar-refractivity contribution in [3.05, 3.63) is 47.2 Å². The van der Waals surface area contributed by atoms with Gasteiger partial charge in [0, 0.05) is 5.56 Å². The molecule has 1 aromatic carbocycles. The van der Waals surface area contributed by atoms with Gasteiger partial charge in [-0.3, -0.25) is 9.59 Å². The highest BCUT2D eigenvalue weighted by atomic mass is 16.1. The third kappa shape index (κ3) is 2.77. The second-order valence-corrected chi connectivity index (χ2v) is 3.33. The van der Waals surface area contributed by atoms with E-state index in [2.05, 4.69) is 5.32 Å². The summed E-state index contributed by atoms with van der Waals surface area (Å²) in [4.78, 5) is 22.3. The molecule has 0 aliphatic carbocycles. The number of hydrogen-bond acceptors (Lipinski definition) is 2. The number of allylic oxidation sites excluding steroid dienone is 2. The van der Waals surface area contributed by atoms with Gasteiger partial charge < -0.3 is 5.32 Å². The number of rotatable bonds is 4. The van der Waals surface area contributed by atoms with E-state index in [9.17, 15) is 9.59 Å². The molecule has 0 aliphatic rings. The fourth-order valence-corrected chi connectivity index (χ4v) is 1.23. The van der Waals surface area contributed by atoms with Crippen LogP contribution in [0.3, 0.4) is 0 Å². The highest BCUT2D eigenvalue weighted by Crippen LogP contribution is 2.09. The molecule has 1 aromatic rings. The van der Waals surface area contributed by atoms with Crippen LogP contribution >= 0.6 is 0 Å². The highest BCUT2D eigenvalue weighted by molar-refractivity contribution is 6.09. The molecule has 3 heteroatoms. The Kier molecular flexibility index (Phi) is 3.80. The number of benzene rings is 1. The van der Waals surface area contributed by atoms with Crippen LogP contribution in [0.4, 0.5) is 0 Å². The zero-order chi connectivity index (χ0) is 11.3. The van der Waals surface area contributed by atoms with E-state index < -0.39 is 0 Å². The number of amides is 1. The summed E-state index contributed by atoms with van der Waals surface area (Å²) in [6.45, 7) is 3.57. The topological polar surface area (TPSA) is 46.2 Å².